The topological polar surface area (TPSA) is 97.6 Å². The molecule has 3 rings (SSSR count). The van der Waals surface area contributed by atoms with Crippen LogP contribution in [0.3, 0.4) is 0 Å². The molecule has 36 heavy (non-hydrogen) atoms. The molecule has 13 heteroatoms. The Balaban J connectivity index is 1.79. The van der Waals surface area contributed by atoms with Gasteiger partial charge in [0.15, 0.2) is 11.5 Å². The third-order valence-corrected chi connectivity index (χ3v) is 5.44. The molecule has 1 heterocycles. The number of ether oxygens (including phenoxy) is 2. The highest BCUT2D eigenvalue weighted by Gasteiger charge is 2.33. The average molecular weight is 547 g/mol. The van der Waals surface area contributed by atoms with E-state index in [1.54, 1.807) is 31.3 Å². The number of anilines is 1. The van der Waals surface area contributed by atoms with Crippen molar-refractivity contribution in [3.8, 4) is 11.8 Å². The van der Waals surface area contributed by atoms with Gasteiger partial charge in [0.05, 0.1) is 23.7 Å². The number of carbonyl (C=O) groups excluding carboxylic acids is 1. The van der Waals surface area contributed by atoms with Crippen molar-refractivity contribution in [1.82, 2.24) is 14.9 Å². The highest BCUT2D eigenvalue weighted by atomic mass is 35.5. The summed E-state index contributed by atoms with van der Waals surface area (Å²) in [6.45, 7) is -0.182. The quantitative estimate of drug-likeness (QED) is 0.307. The molecular weight excluding hydrogens is 524 g/mol. The molecule has 0 spiro atoms. The molecule has 0 bridgehead atoms. The first-order valence-corrected chi connectivity index (χ1v) is 11.4. The van der Waals surface area contributed by atoms with E-state index < -0.39 is 22.7 Å². The van der Waals surface area contributed by atoms with E-state index in [-0.39, 0.29) is 56.2 Å². The van der Waals surface area contributed by atoms with Crippen LogP contribution >= 0.6 is 23.2 Å². The van der Waals surface area contributed by atoms with Crippen molar-refractivity contribution < 1.29 is 32.5 Å². The molecule has 0 atom stereocenters. The maximum absolute atomic E-state index is 13.1. The molecule has 0 aliphatic rings. The second-order valence-corrected chi connectivity index (χ2v) is 8.21. The molecule has 1 amide bonds. The fourth-order valence-corrected chi connectivity index (χ4v) is 3.57. The molecule has 0 saturated carbocycles. The van der Waals surface area contributed by atoms with Crippen LogP contribution < -0.4 is 20.1 Å². The number of aliphatic hydroxyl groups is 1. The van der Waals surface area contributed by atoms with Crippen LogP contribution in [0.5, 0.6) is 11.8 Å². The number of carbonyl (C=O) groups is 1. The monoisotopic (exact) mass is 546 g/mol. The standard InChI is InChI=1S/C23H23Cl2F3N4O4/c1-29-20-19(21(34)30-8-9-33)32(13-14-2-4-15(24)5-3-14)22(31-20)36-11-10-35-16-6-7-18(25)17(12-16)23(26,27)28/h2-7,12,29,33H,8-11,13H2,1H3,(H,30,34). The van der Waals surface area contributed by atoms with E-state index in [1.807, 2.05) is 0 Å². The first-order chi connectivity index (χ1) is 17.1. The minimum Gasteiger partial charge on any atom is -0.490 e. The number of benzene rings is 2. The lowest BCUT2D eigenvalue weighted by atomic mass is 10.2. The van der Waals surface area contributed by atoms with Gasteiger partial charge in [0.2, 0.25) is 0 Å². The van der Waals surface area contributed by atoms with Crippen molar-refractivity contribution in [2.24, 2.45) is 0 Å². The molecule has 0 saturated heterocycles. The van der Waals surface area contributed by atoms with Gasteiger partial charge in [0.1, 0.15) is 19.0 Å². The number of hydrogen-bond acceptors (Lipinski definition) is 6. The number of alkyl halides is 3. The van der Waals surface area contributed by atoms with E-state index >= 15 is 0 Å². The molecule has 0 radical (unpaired) electrons. The van der Waals surface area contributed by atoms with Gasteiger partial charge in [0, 0.05) is 18.6 Å². The van der Waals surface area contributed by atoms with Crippen LogP contribution in [0.25, 0.3) is 0 Å². The Hall–Kier alpha value is -3.15. The first kappa shape index (κ1) is 27.4. The summed E-state index contributed by atoms with van der Waals surface area (Å²) in [5.41, 5.74) is -0.0276. The highest BCUT2D eigenvalue weighted by molar-refractivity contribution is 6.31. The predicted molar refractivity (Wildman–Crippen MR) is 129 cm³/mol. The maximum Gasteiger partial charge on any atom is 0.417 e. The molecule has 3 aromatic rings. The number of hydrogen-bond donors (Lipinski definition) is 3. The van der Waals surface area contributed by atoms with Gasteiger partial charge in [-0.1, -0.05) is 35.3 Å². The van der Waals surface area contributed by atoms with Crippen molar-refractivity contribution in [3.63, 3.8) is 0 Å². The van der Waals surface area contributed by atoms with E-state index in [0.29, 0.717) is 5.02 Å². The Morgan fingerprint density at radius 2 is 1.81 bits per heavy atom. The summed E-state index contributed by atoms with van der Waals surface area (Å²) >= 11 is 11.6. The largest absolute Gasteiger partial charge is 0.490 e. The number of aliphatic hydroxyl groups excluding tert-OH is 1. The van der Waals surface area contributed by atoms with Crippen LogP contribution in [0.4, 0.5) is 19.0 Å². The van der Waals surface area contributed by atoms with Crippen molar-refractivity contribution in [2.45, 2.75) is 12.7 Å². The fourth-order valence-electron chi connectivity index (χ4n) is 3.22. The number of aromatic nitrogens is 2. The summed E-state index contributed by atoms with van der Waals surface area (Å²) in [5.74, 6) is -0.274. The third-order valence-electron chi connectivity index (χ3n) is 4.86. The normalized spacial score (nSPS) is 11.3. The minimum absolute atomic E-state index is 0.0279. The van der Waals surface area contributed by atoms with Crippen LogP contribution in [0.15, 0.2) is 42.5 Å². The third kappa shape index (κ3) is 6.96. The molecule has 194 valence electrons. The van der Waals surface area contributed by atoms with E-state index in [9.17, 15) is 18.0 Å². The molecular formula is C23H23Cl2F3N4O4. The molecule has 8 nitrogen and oxygen atoms in total. The Bertz CT molecular complexity index is 1190. The molecule has 1 aromatic heterocycles. The first-order valence-electron chi connectivity index (χ1n) is 10.7. The molecule has 3 N–H and O–H groups in total. The van der Waals surface area contributed by atoms with Gasteiger partial charge in [-0.15, -0.1) is 0 Å². The zero-order valence-corrected chi connectivity index (χ0v) is 20.5. The summed E-state index contributed by atoms with van der Waals surface area (Å²) in [6, 6.07) is 10.3. The predicted octanol–water partition coefficient (Wildman–Crippen LogP) is 4.48. The molecule has 0 aliphatic heterocycles. The maximum atomic E-state index is 13.1. The Morgan fingerprint density at radius 1 is 1.11 bits per heavy atom. The number of nitrogens with one attached hydrogen (secondary N) is 2. The van der Waals surface area contributed by atoms with Gasteiger partial charge in [-0.25, -0.2) is 0 Å². The SMILES string of the molecule is CNc1nc(OCCOc2ccc(Cl)c(C(F)(F)F)c2)n(Cc2ccc(Cl)cc2)c1C(=O)NCCO. The number of amides is 1. The minimum atomic E-state index is -4.62. The number of halogens is 5. The van der Waals surface area contributed by atoms with Gasteiger partial charge >= 0.3 is 6.18 Å². The summed E-state index contributed by atoms with van der Waals surface area (Å²) in [4.78, 5) is 17.1. The van der Waals surface area contributed by atoms with Gasteiger partial charge < -0.3 is 25.2 Å². The number of nitrogens with zero attached hydrogens (tertiary/aromatic N) is 2. The van der Waals surface area contributed by atoms with Crippen LogP contribution in [0, 0.1) is 0 Å². The number of rotatable bonds is 11. The summed E-state index contributed by atoms with van der Waals surface area (Å²) in [6.07, 6.45) is -4.62. The van der Waals surface area contributed by atoms with E-state index in [4.69, 9.17) is 37.8 Å². The lowest BCUT2D eigenvalue weighted by Crippen LogP contribution is -2.29. The summed E-state index contributed by atoms with van der Waals surface area (Å²) in [7, 11) is 1.59. The van der Waals surface area contributed by atoms with Crippen LogP contribution in [0.2, 0.25) is 10.0 Å². The Morgan fingerprint density at radius 3 is 2.44 bits per heavy atom. The fraction of sp³-hybridized carbons (Fsp3) is 0.304. The molecule has 0 aliphatic carbocycles. The molecule has 2 aromatic carbocycles. The van der Waals surface area contributed by atoms with E-state index in [0.717, 1.165) is 17.7 Å². The number of imidazole rings is 1. The second kappa shape index (κ2) is 12.2. The van der Waals surface area contributed by atoms with Crippen molar-refractivity contribution >= 4 is 34.9 Å². The smallest absolute Gasteiger partial charge is 0.417 e. The average Bonchev–Trinajstić information content (AvgIpc) is 3.19. The lowest BCUT2D eigenvalue weighted by molar-refractivity contribution is -0.137. The summed E-state index contributed by atoms with van der Waals surface area (Å²) in [5, 5.41) is 14.6. The van der Waals surface area contributed by atoms with Crippen molar-refractivity contribution in [3.05, 3.63) is 69.3 Å². The molecule has 0 unspecified atom stereocenters. The van der Waals surface area contributed by atoms with Crippen molar-refractivity contribution in [1.29, 1.82) is 0 Å². The van der Waals surface area contributed by atoms with Gasteiger partial charge in [-0.05, 0) is 35.9 Å². The lowest BCUT2D eigenvalue weighted by Gasteiger charge is -2.14. The van der Waals surface area contributed by atoms with Crippen molar-refractivity contribution in [2.75, 3.05) is 38.7 Å². The second-order valence-electron chi connectivity index (χ2n) is 7.37. The Kier molecular flexibility index (Phi) is 9.30. The Labute approximate surface area is 214 Å². The zero-order chi connectivity index (χ0) is 26.3. The van der Waals surface area contributed by atoms with E-state index in [2.05, 4.69) is 15.6 Å². The molecule has 0 fully saturated rings. The van der Waals surface area contributed by atoms with E-state index in [1.165, 1.54) is 10.6 Å². The summed E-state index contributed by atoms with van der Waals surface area (Å²) < 4.78 is 51.9. The van der Waals surface area contributed by atoms with Gasteiger partial charge in [-0.2, -0.15) is 18.2 Å². The van der Waals surface area contributed by atoms with Crippen LogP contribution in [-0.4, -0.2) is 54.0 Å². The highest BCUT2D eigenvalue weighted by Crippen LogP contribution is 2.36. The van der Waals surface area contributed by atoms with Gasteiger partial charge in [0.25, 0.3) is 11.9 Å². The van der Waals surface area contributed by atoms with Crippen LogP contribution in [0.1, 0.15) is 21.6 Å². The van der Waals surface area contributed by atoms with Gasteiger partial charge in [-0.3, -0.25) is 9.36 Å². The zero-order valence-electron chi connectivity index (χ0n) is 19.0. The van der Waals surface area contributed by atoms with Crippen LogP contribution in [-0.2, 0) is 12.7 Å².